The third-order valence-electron chi connectivity index (χ3n) is 5.41. The van der Waals surface area contributed by atoms with E-state index in [1.807, 2.05) is 0 Å². The highest BCUT2D eigenvalue weighted by molar-refractivity contribution is 4.81. The standard InChI is InChI=1S/C18H32O3/c1-14(20-15-8-4-2-5-9-15)18-12-17(13-19-18)21-16-10-6-3-7-11-16/h14-18H,2-13H2,1H3. The summed E-state index contributed by atoms with van der Waals surface area (Å²) in [5.74, 6) is 0. The normalized spacial score (nSPS) is 34.1. The van der Waals surface area contributed by atoms with Crippen LogP contribution in [0.4, 0.5) is 0 Å². The molecule has 3 heteroatoms. The van der Waals surface area contributed by atoms with Crippen molar-refractivity contribution >= 4 is 0 Å². The third kappa shape index (κ3) is 4.67. The second-order valence-electron chi connectivity index (χ2n) is 7.23. The zero-order valence-corrected chi connectivity index (χ0v) is 13.6. The number of hydrogen-bond acceptors (Lipinski definition) is 3. The molecular formula is C18H32O3. The van der Waals surface area contributed by atoms with Crippen molar-refractivity contribution in [3.05, 3.63) is 0 Å². The molecule has 0 amide bonds. The first-order valence-electron chi connectivity index (χ1n) is 9.24. The summed E-state index contributed by atoms with van der Waals surface area (Å²) >= 11 is 0. The predicted octanol–water partition coefficient (Wildman–Crippen LogP) is 4.23. The van der Waals surface area contributed by atoms with Gasteiger partial charge in [0.25, 0.3) is 0 Å². The maximum atomic E-state index is 6.24. The summed E-state index contributed by atoms with van der Waals surface area (Å²) in [7, 11) is 0. The van der Waals surface area contributed by atoms with Crippen molar-refractivity contribution in [3.8, 4) is 0 Å². The molecule has 0 aromatic rings. The van der Waals surface area contributed by atoms with E-state index in [-0.39, 0.29) is 12.2 Å². The van der Waals surface area contributed by atoms with Crippen molar-refractivity contribution in [2.75, 3.05) is 6.61 Å². The van der Waals surface area contributed by atoms with E-state index in [1.165, 1.54) is 64.2 Å². The van der Waals surface area contributed by atoms with Gasteiger partial charge in [-0.25, -0.2) is 0 Å². The van der Waals surface area contributed by atoms with Crippen LogP contribution in [0.5, 0.6) is 0 Å². The van der Waals surface area contributed by atoms with Gasteiger partial charge >= 0.3 is 0 Å². The quantitative estimate of drug-likeness (QED) is 0.760. The molecule has 0 radical (unpaired) electrons. The Labute approximate surface area is 129 Å². The van der Waals surface area contributed by atoms with Gasteiger partial charge in [0.2, 0.25) is 0 Å². The van der Waals surface area contributed by atoms with Gasteiger partial charge in [-0.15, -0.1) is 0 Å². The van der Waals surface area contributed by atoms with E-state index in [2.05, 4.69) is 6.92 Å². The van der Waals surface area contributed by atoms with Gasteiger partial charge in [-0.2, -0.15) is 0 Å². The number of ether oxygens (including phenoxy) is 3. The lowest BCUT2D eigenvalue weighted by Crippen LogP contribution is -2.32. The highest BCUT2D eigenvalue weighted by atomic mass is 16.6. The fourth-order valence-corrected chi connectivity index (χ4v) is 4.11. The van der Waals surface area contributed by atoms with Gasteiger partial charge in [-0.1, -0.05) is 38.5 Å². The van der Waals surface area contributed by atoms with Crippen LogP contribution in [0.3, 0.4) is 0 Å². The minimum Gasteiger partial charge on any atom is -0.373 e. The second kappa shape index (κ2) is 7.94. The molecule has 0 bridgehead atoms. The smallest absolute Gasteiger partial charge is 0.0860 e. The lowest BCUT2D eigenvalue weighted by atomic mass is 9.97. The Morgan fingerprint density at radius 2 is 1.43 bits per heavy atom. The van der Waals surface area contributed by atoms with Gasteiger partial charge in [0.15, 0.2) is 0 Å². The minimum atomic E-state index is 0.216. The fourth-order valence-electron chi connectivity index (χ4n) is 4.11. The van der Waals surface area contributed by atoms with E-state index in [0.717, 1.165) is 13.0 Å². The summed E-state index contributed by atoms with van der Waals surface area (Å²) in [5, 5.41) is 0. The van der Waals surface area contributed by atoms with E-state index < -0.39 is 0 Å². The van der Waals surface area contributed by atoms with Crippen LogP contribution in [0.25, 0.3) is 0 Å². The topological polar surface area (TPSA) is 27.7 Å². The van der Waals surface area contributed by atoms with Gasteiger partial charge in [0, 0.05) is 6.42 Å². The van der Waals surface area contributed by atoms with Crippen LogP contribution in [0.15, 0.2) is 0 Å². The molecule has 0 N–H and O–H groups in total. The van der Waals surface area contributed by atoms with Crippen LogP contribution in [-0.2, 0) is 14.2 Å². The van der Waals surface area contributed by atoms with Crippen LogP contribution >= 0.6 is 0 Å². The maximum absolute atomic E-state index is 6.24. The van der Waals surface area contributed by atoms with E-state index >= 15 is 0 Å². The Morgan fingerprint density at radius 3 is 2.10 bits per heavy atom. The molecule has 3 rings (SSSR count). The predicted molar refractivity (Wildman–Crippen MR) is 83.5 cm³/mol. The first-order valence-corrected chi connectivity index (χ1v) is 9.24. The fraction of sp³-hybridized carbons (Fsp3) is 1.00. The average molecular weight is 296 g/mol. The van der Waals surface area contributed by atoms with Crippen LogP contribution in [0, 0.1) is 0 Å². The zero-order chi connectivity index (χ0) is 14.5. The average Bonchev–Trinajstić information content (AvgIpc) is 2.98. The molecule has 3 nitrogen and oxygen atoms in total. The van der Waals surface area contributed by atoms with Gasteiger partial charge in [0.1, 0.15) is 0 Å². The molecule has 3 aliphatic rings. The molecule has 3 unspecified atom stereocenters. The Kier molecular flexibility index (Phi) is 5.96. The highest BCUT2D eigenvalue weighted by Crippen LogP contribution is 2.29. The van der Waals surface area contributed by atoms with Gasteiger partial charge in [-0.05, 0) is 32.6 Å². The molecule has 0 aromatic carbocycles. The third-order valence-corrected chi connectivity index (χ3v) is 5.41. The van der Waals surface area contributed by atoms with Crippen LogP contribution in [0.1, 0.15) is 77.6 Å². The van der Waals surface area contributed by atoms with Crippen molar-refractivity contribution in [2.45, 2.75) is 108 Å². The minimum absolute atomic E-state index is 0.216. The van der Waals surface area contributed by atoms with Crippen molar-refractivity contribution in [3.63, 3.8) is 0 Å². The Hall–Kier alpha value is -0.120. The summed E-state index contributed by atoms with van der Waals surface area (Å²) in [4.78, 5) is 0. The molecule has 3 atom stereocenters. The van der Waals surface area contributed by atoms with Crippen molar-refractivity contribution < 1.29 is 14.2 Å². The summed E-state index contributed by atoms with van der Waals surface area (Å²) < 4.78 is 18.4. The molecule has 0 spiro atoms. The molecule has 122 valence electrons. The molecule has 21 heavy (non-hydrogen) atoms. The van der Waals surface area contributed by atoms with E-state index in [9.17, 15) is 0 Å². The lowest BCUT2D eigenvalue weighted by Gasteiger charge is -2.28. The Morgan fingerprint density at radius 1 is 0.810 bits per heavy atom. The van der Waals surface area contributed by atoms with Crippen molar-refractivity contribution in [1.82, 2.24) is 0 Å². The maximum Gasteiger partial charge on any atom is 0.0860 e. The second-order valence-corrected chi connectivity index (χ2v) is 7.23. The zero-order valence-electron chi connectivity index (χ0n) is 13.6. The summed E-state index contributed by atoms with van der Waals surface area (Å²) in [6.45, 7) is 2.95. The van der Waals surface area contributed by atoms with Crippen LogP contribution in [0.2, 0.25) is 0 Å². The summed E-state index contributed by atoms with van der Waals surface area (Å²) in [6, 6.07) is 0. The Balaban J connectivity index is 1.38. The Bertz CT molecular complexity index is 295. The molecule has 3 fully saturated rings. The largest absolute Gasteiger partial charge is 0.373 e. The monoisotopic (exact) mass is 296 g/mol. The van der Waals surface area contributed by atoms with E-state index in [1.54, 1.807) is 0 Å². The number of rotatable bonds is 5. The first kappa shape index (κ1) is 15.8. The van der Waals surface area contributed by atoms with Crippen molar-refractivity contribution in [1.29, 1.82) is 0 Å². The van der Waals surface area contributed by atoms with E-state index in [0.29, 0.717) is 18.3 Å². The molecule has 2 saturated carbocycles. The molecule has 0 aromatic heterocycles. The van der Waals surface area contributed by atoms with Gasteiger partial charge < -0.3 is 14.2 Å². The van der Waals surface area contributed by atoms with Gasteiger partial charge in [0.05, 0.1) is 37.1 Å². The molecule has 1 heterocycles. The lowest BCUT2D eigenvalue weighted by molar-refractivity contribution is -0.0846. The molecular weight excluding hydrogens is 264 g/mol. The van der Waals surface area contributed by atoms with Crippen LogP contribution in [-0.4, -0.2) is 37.1 Å². The SMILES string of the molecule is CC(OC1CCCCC1)C1CC(OC2CCCCC2)CO1. The summed E-state index contributed by atoms with van der Waals surface area (Å²) in [6.07, 6.45) is 15.8. The van der Waals surface area contributed by atoms with E-state index in [4.69, 9.17) is 14.2 Å². The van der Waals surface area contributed by atoms with Crippen molar-refractivity contribution in [2.24, 2.45) is 0 Å². The molecule has 2 aliphatic carbocycles. The first-order chi connectivity index (χ1) is 10.3. The van der Waals surface area contributed by atoms with Crippen LogP contribution < -0.4 is 0 Å². The number of hydrogen-bond donors (Lipinski definition) is 0. The summed E-state index contributed by atoms with van der Waals surface area (Å²) in [5.41, 5.74) is 0. The molecule has 1 saturated heterocycles. The van der Waals surface area contributed by atoms with Gasteiger partial charge in [-0.3, -0.25) is 0 Å². The molecule has 1 aliphatic heterocycles. The highest BCUT2D eigenvalue weighted by Gasteiger charge is 2.33.